The van der Waals surface area contributed by atoms with E-state index in [4.69, 9.17) is 0 Å². The average Bonchev–Trinajstić information content (AvgIpc) is 2.35. The normalized spacial score (nSPS) is 12.8. The summed E-state index contributed by atoms with van der Waals surface area (Å²) in [6.07, 6.45) is 9.75. The zero-order valence-corrected chi connectivity index (χ0v) is 14.1. The fourth-order valence-electron chi connectivity index (χ4n) is 1.73. The topological polar surface area (TPSA) is 0 Å². The average molecular weight is 252 g/mol. The molecule has 0 aromatic heterocycles. The van der Waals surface area contributed by atoms with Gasteiger partial charge < -0.3 is 0 Å². The highest BCUT2D eigenvalue weighted by atomic mass is 14.1. The highest BCUT2D eigenvalue weighted by molar-refractivity contribution is 5.23. The van der Waals surface area contributed by atoms with Crippen LogP contribution in [-0.2, 0) is 0 Å². The molecule has 0 aliphatic carbocycles. The first-order valence-corrected chi connectivity index (χ1v) is 7.73. The maximum absolute atomic E-state index is 2.30. The van der Waals surface area contributed by atoms with E-state index < -0.39 is 0 Å². The molecule has 0 nitrogen and oxygen atoms in total. The zero-order chi connectivity index (χ0) is 14.6. The van der Waals surface area contributed by atoms with E-state index in [-0.39, 0.29) is 0 Å². The second-order valence-corrected chi connectivity index (χ2v) is 5.62. The monoisotopic (exact) mass is 252 g/mol. The first-order valence-electron chi connectivity index (χ1n) is 7.73. The number of rotatable bonds is 6. The van der Waals surface area contributed by atoms with E-state index in [2.05, 4.69) is 67.5 Å². The predicted molar refractivity (Wildman–Crippen MR) is 87.0 cm³/mol. The van der Waals surface area contributed by atoms with E-state index in [1.165, 1.54) is 36.8 Å². The maximum Gasteiger partial charge on any atom is -0.0194 e. The predicted octanol–water partition coefficient (Wildman–Crippen LogP) is 6.78. The van der Waals surface area contributed by atoms with Gasteiger partial charge in [0.2, 0.25) is 0 Å². The summed E-state index contributed by atoms with van der Waals surface area (Å²) >= 11 is 0. The van der Waals surface area contributed by atoms with Gasteiger partial charge in [0.15, 0.2) is 0 Å². The lowest BCUT2D eigenvalue weighted by molar-refractivity contribution is 0.544. The van der Waals surface area contributed by atoms with Gasteiger partial charge in [0, 0.05) is 0 Å². The Bertz CT molecular complexity index is 224. The molecule has 0 aromatic rings. The van der Waals surface area contributed by atoms with Crippen molar-refractivity contribution < 1.29 is 0 Å². The Morgan fingerprint density at radius 3 is 1.72 bits per heavy atom. The molecule has 108 valence electrons. The van der Waals surface area contributed by atoms with Crippen molar-refractivity contribution in [3.63, 3.8) is 0 Å². The van der Waals surface area contributed by atoms with Gasteiger partial charge in [-0.3, -0.25) is 0 Å². The summed E-state index contributed by atoms with van der Waals surface area (Å²) in [5, 5.41) is 0. The summed E-state index contributed by atoms with van der Waals surface area (Å²) in [7, 11) is 0. The van der Waals surface area contributed by atoms with Crippen LogP contribution in [0.15, 0.2) is 23.3 Å². The Kier molecular flexibility index (Phi) is 14.2. The summed E-state index contributed by atoms with van der Waals surface area (Å²) in [5.74, 6) is 1.65. The second-order valence-electron chi connectivity index (χ2n) is 5.62. The zero-order valence-electron chi connectivity index (χ0n) is 14.1. The molecule has 0 aliphatic rings. The molecular formula is C18H36. The van der Waals surface area contributed by atoms with E-state index in [1.54, 1.807) is 0 Å². The van der Waals surface area contributed by atoms with E-state index >= 15 is 0 Å². The standard InChI is InChI=1S/C12H22.C6H14/c1-6-8-11(5)12(7-2)9-10(3)4;1-4-6(3)5-2/h7,9,11H,6,8H2,1-5H3;6H,4-5H2,1-3H3/b12-7+;. The molecule has 0 aromatic carbocycles. The van der Waals surface area contributed by atoms with E-state index in [0.717, 1.165) is 11.8 Å². The van der Waals surface area contributed by atoms with Gasteiger partial charge in [-0.25, -0.2) is 0 Å². The van der Waals surface area contributed by atoms with Crippen LogP contribution >= 0.6 is 0 Å². The van der Waals surface area contributed by atoms with Gasteiger partial charge in [0.25, 0.3) is 0 Å². The van der Waals surface area contributed by atoms with Crippen molar-refractivity contribution in [2.45, 2.75) is 81.1 Å². The van der Waals surface area contributed by atoms with Crippen molar-refractivity contribution in [1.29, 1.82) is 0 Å². The van der Waals surface area contributed by atoms with Crippen molar-refractivity contribution in [2.75, 3.05) is 0 Å². The van der Waals surface area contributed by atoms with Crippen molar-refractivity contribution in [1.82, 2.24) is 0 Å². The minimum absolute atomic E-state index is 0.717. The van der Waals surface area contributed by atoms with Crippen molar-refractivity contribution in [2.24, 2.45) is 11.8 Å². The van der Waals surface area contributed by atoms with Gasteiger partial charge in [-0.15, -0.1) is 0 Å². The first kappa shape index (κ1) is 19.8. The fraction of sp³-hybridized carbons (Fsp3) is 0.778. The number of hydrogen-bond acceptors (Lipinski definition) is 0. The van der Waals surface area contributed by atoms with Crippen LogP contribution in [0.3, 0.4) is 0 Å². The molecule has 0 N–H and O–H groups in total. The molecule has 18 heavy (non-hydrogen) atoms. The third-order valence-electron chi connectivity index (χ3n) is 3.47. The first-order chi connectivity index (χ1) is 8.42. The fourth-order valence-corrected chi connectivity index (χ4v) is 1.73. The van der Waals surface area contributed by atoms with Gasteiger partial charge in [-0.1, -0.05) is 71.6 Å². The van der Waals surface area contributed by atoms with Gasteiger partial charge in [-0.2, -0.15) is 0 Å². The molecule has 1 atom stereocenters. The van der Waals surface area contributed by atoms with Crippen LogP contribution in [0, 0.1) is 11.8 Å². The number of hydrogen-bond donors (Lipinski definition) is 0. The van der Waals surface area contributed by atoms with Gasteiger partial charge in [0.05, 0.1) is 0 Å². The second kappa shape index (κ2) is 12.9. The highest BCUT2D eigenvalue weighted by Gasteiger charge is 2.03. The largest absolute Gasteiger partial charge is 0.0842 e. The third-order valence-corrected chi connectivity index (χ3v) is 3.47. The summed E-state index contributed by atoms with van der Waals surface area (Å²) in [4.78, 5) is 0. The molecule has 0 saturated carbocycles. The van der Waals surface area contributed by atoms with Crippen LogP contribution in [0.4, 0.5) is 0 Å². The van der Waals surface area contributed by atoms with Crippen molar-refractivity contribution >= 4 is 0 Å². The molecule has 0 radical (unpaired) electrons. The molecule has 0 rings (SSSR count). The lowest BCUT2D eigenvalue weighted by Crippen LogP contribution is -1.96. The molecule has 1 unspecified atom stereocenters. The molecule has 0 fully saturated rings. The van der Waals surface area contributed by atoms with Crippen molar-refractivity contribution in [3.8, 4) is 0 Å². The third kappa shape index (κ3) is 12.0. The minimum Gasteiger partial charge on any atom is -0.0842 e. The Morgan fingerprint density at radius 1 is 1.00 bits per heavy atom. The SMILES string of the molecule is C/C=C(\C=C(C)C)C(C)CCC.CCC(C)CC. The lowest BCUT2D eigenvalue weighted by atomic mass is 9.95. The van der Waals surface area contributed by atoms with E-state index in [1.807, 2.05) is 0 Å². The van der Waals surface area contributed by atoms with Crippen LogP contribution in [0.25, 0.3) is 0 Å². The van der Waals surface area contributed by atoms with Gasteiger partial charge in [0.1, 0.15) is 0 Å². The Hall–Kier alpha value is -0.520. The van der Waals surface area contributed by atoms with Crippen LogP contribution in [0.2, 0.25) is 0 Å². The molecule has 0 heteroatoms. The Balaban J connectivity index is 0. The minimum atomic E-state index is 0.717. The van der Waals surface area contributed by atoms with Crippen LogP contribution in [-0.4, -0.2) is 0 Å². The molecule has 0 amide bonds. The quantitative estimate of drug-likeness (QED) is 0.457. The molecular weight excluding hydrogens is 216 g/mol. The molecule has 0 bridgehead atoms. The van der Waals surface area contributed by atoms with E-state index in [9.17, 15) is 0 Å². The highest BCUT2D eigenvalue weighted by Crippen LogP contribution is 2.18. The van der Waals surface area contributed by atoms with Gasteiger partial charge in [-0.05, 0) is 44.6 Å². The smallest absolute Gasteiger partial charge is 0.0194 e. The summed E-state index contributed by atoms with van der Waals surface area (Å²) < 4.78 is 0. The molecule has 0 saturated heterocycles. The lowest BCUT2D eigenvalue weighted by Gasteiger charge is -2.11. The summed E-state index contributed by atoms with van der Waals surface area (Å²) in [6, 6.07) is 0. The van der Waals surface area contributed by atoms with Crippen molar-refractivity contribution in [3.05, 3.63) is 23.3 Å². The molecule has 0 aliphatic heterocycles. The summed E-state index contributed by atoms with van der Waals surface area (Å²) in [6.45, 7) is 17.7. The summed E-state index contributed by atoms with van der Waals surface area (Å²) in [5.41, 5.74) is 2.88. The Morgan fingerprint density at radius 2 is 1.50 bits per heavy atom. The maximum atomic E-state index is 2.30. The van der Waals surface area contributed by atoms with Crippen LogP contribution in [0.5, 0.6) is 0 Å². The molecule has 0 heterocycles. The number of allylic oxidation sites excluding steroid dienone is 4. The van der Waals surface area contributed by atoms with E-state index in [0.29, 0.717) is 0 Å². The van der Waals surface area contributed by atoms with Gasteiger partial charge >= 0.3 is 0 Å². The van der Waals surface area contributed by atoms with Crippen LogP contribution in [0.1, 0.15) is 81.1 Å². The molecule has 0 spiro atoms. The van der Waals surface area contributed by atoms with Crippen LogP contribution < -0.4 is 0 Å². The Labute approximate surface area is 117 Å².